The Labute approximate surface area is 409 Å². The summed E-state index contributed by atoms with van der Waals surface area (Å²) < 4.78 is 22.6. The average molecular weight is 1020 g/mol. The molecule has 17 heteroatoms. The first kappa shape index (κ1) is 48.7. The number of rotatable bonds is 11. The lowest BCUT2D eigenvalue weighted by molar-refractivity contribution is 0.242. The zero-order valence-corrected chi connectivity index (χ0v) is 39.7. The van der Waals surface area contributed by atoms with Gasteiger partial charge in [0, 0.05) is 27.6 Å². The van der Waals surface area contributed by atoms with Crippen molar-refractivity contribution < 1.29 is 18.3 Å². The lowest BCUT2D eigenvalue weighted by Crippen LogP contribution is -2.16. The number of imidazole rings is 2. The topological polar surface area (TPSA) is 183 Å². The minimum atomic E-state index is -0.598. The summed E-state index contributed by atoms with van der Waals surface area (Å²) >= 11 is 15.8. The van der Waals surface area contributed by atoms with E-state index in [1.165, 1.54) is 10.2 Å². The molecule has 0 aliphatic heterocycles. The monoisotopic (exact) mass is 1020 g/mol. The highest BCUT2D eigenvalue weighted by Crippen LogP contribution is 2.32. The third-order valence-electron chi connectivity index (χ3n) is 9.80. The molecule has 68 heavy (non-hydrogen) atoms. The number of ether oxygens (including phenoxy) is 2. The van der Waals surface area contributed by atoms with Crippen LogP contribution in [0.25, 0.3) is 67.8 Å². The molecule has 3 N–H and O–H groups in total. The summed E-state index contributed by atoms with van der Waals surface area (Å²) in [6.07, 6.45) is 0.0446. The molecule has 0 unspecified atom stereocenters. The lowest BCUT2D eigenvalue weighted by atomic mass is 10.2. The van der Waals surface area contributed by atoms with Crippen LogP contribution in [0.3, 0.4) is 0 Å². The predicted molar refractivity (Wildman–Crippen MR) is 272 cm³/mol. The highest BCUT2D eigenvalue weighted by Gasteiger charge is 2.15. The van der Waals surface area contributed by atoms with Gasteiger partial charge in [-0.15, -0.1) is 10.2 Å². The Morgan fingerprint density at radius 3 is 1.59 bits per heavy atom. The third-order valence-corrected chi connectivity index (χ3v) is 11.0. The van der Waals surface area contributed by atoms with Gasteiger partial charge in [0.15, 0.2) is 0 Å². The Kier molecular flexibility index (Phi) is 15.8. The van der Waals surface area contributed by atoms with Crippen LogP contribution in [0.2, 0.25) is 10.0 Å². The number of hydrogen-bond acceptors (Lipinski definition) is 10. The molecule has 0 radical (unpaired) electrons. The van der Waals surface area contributed by atoms with E-state index < -0.39 is 11.5 Å². The second-order valence-corrected chi connectivity index (χ2v) is 17.0. The van der Waals surface area contributed by atoms with Gasteiger partial charge in [0.1, 0.15) is 23.1 Å². The molecule has 0 bridgehead atoms. The standard InChI is InChI=1S/C25H21ClN4O3.C14H11BrN2.C11H11ClN2O3.CH4/c1-15(2)32-22-11-9-18(13-19(22)26)24-29-30(25(31)33-24)14-16-8-10-20-21(12-16)28-23(27-20)17-6-4-3-5-7-17;15-9-10-6-7-12-13(8-10)17-14(16-12)11-4-2-1-3-5-11;1-6(2)16-9-4-3-7(5-8(9)12)10-13-14-11(15)17-10;/h3-13,15H,14H2,1-2H3,(H,27,28);1-8H,9H2,(H,16,17);3-6H,1-2H3,(H,14,15);1H4. The van der Waals surface area contributed by atoms with E-state index in [0.717, 1.165) is 55.7 Å². The van der Waals surface area contributed by atoms with Gasteiger partial charge in [-0.3, -0.25) is 0 Å². The van der Waals surface area contributed by atoms with E-state index in [0.29, 0.717) is 32.7 Å². The molecule has 0 aliphatic rings. The smallest absolute Gasteiger partial charge is 0.437 e. The van der Waals surface area contributed by atoms with Crippen molar-refractivity contribution >= 4 is 61.2 Å². The van der Waals surface area contributed by atoms with Crippen LogP contribution in [0.5, 0.6) is 11.5 Å². The van der Waals surface area contributed by atoms with Crippen molar-refractivity contribution in [1.29, 1.82) is 0 Å². The second kappa shape index (κ2) is 22.1. The van der Waals surface area contributed by atoms with Crippen molar-refractivity contribution in [2.75, 3.05) is 0 Å². The molecule has 0 amide bonds. The van der Waals surface area contributed by atoms with Crippen LogP contribution in [0, 0.1) is 0 Å². The van der Waals surface area contributed by atoms with Gasteiger partial charge in [0.2, 0.25) is 11.8 Å². The van der Waals surface area contributed by atoms with Gasteiger partial charge in [-0.1, -0.05) is 119 Å². The molecule has 10 rings (SSSR count). The van der Waals surface area contributed by atoms with E-state index >= 15 is 0 Å². The highest BCUT2D eigenvalue weighted by molar-refractivity contribution is 9.08. The summed E-state index contributed by atoms with van der Waals surface area (Å²) in [5, 5.41) is 12.0. The van der Waals surface area contributed by atoms with Crippen LogP contribution in [0.1, 0.15) is 46.2 Å². The van der Waals surface area contributed by atoms with Crippen LogP contribution in [-0.2, 0) is 11.9 Å². The van der Waals surface area contributed by atoms with Crippen LogP contribution in [0.15, 0.2) is 152 Å². The van der Waals surface area contributed by atoms with Crippen molar-refractivity contribution in [1.82, 2.24) is 39.9 Å². The number of nitrogens with one attached hydrogen (secondary N) is 3. The number of H-pyrrole nitrogens is 3. The van der Waals surface area contributed by atoms with E-state index in [2.05, 4.69) is 81.5 Å². The number of aromatic nitrogens is 8. The molecule has 0 saturated heterocycles. The summed E-state index contributed by atoms with van der Waals surface area (Å²) in [5.41, 5.74) is 9.31. The largest absolute Gasteiger partial charge is 0.489 e. The quantitative estimate of drug-likeness (QED) is 0.105. The minimum Gasteiger partial charge on any atom is -0.489 e. The van der Waals surface area contributed by atoms with Gasteiger partial charge < -0.3 is 28.3 Å². The lowest BCUT2D eigenvalue weighted by Gasteiger charge is -2.11. The van der Waals surface area contributed by atoms with E-state index in [1.54, 1.807) is 36.4 Å². The Morgan fingerprint density at radius 1 is 0.618 bits per heavy atom. The third kappa shape index (κ3) is 12.0. The first-order valence-electron chi connectivity index (χ1n) is 21.1. The predicted octanol–water partition coefficient (Wildman–Crippen LogP) is 12.8. The van der Waals surface area contributed by atoms with Crippen LogP contribution < -0.4 is 21.0 Å². The SMILES string of the molecule is BrCc1ccc2nc(-c3ccccc3)[nH]c2c1.C.CC(C)Oc1ccc(-c2n[nH]c(=O)o2)cc1Cl.CC(C)Oc1ccc(-c2nn(Cc3ccc4nc(-c5ccccc5)[nH]c4c3)c(=O)o2)cc1Cl. The maximum atomic E-state index is 12.4. The fourth-order valence-corrected chi connectivity index (χ4v) is 7.58. The molecule has 4 aromatic heterocycles. The Hall–Kier alpha value is -7.20. The molecule has 0 atom stereocenters. The maximum Gasteiger partial charge on any atom is 0.437 e. The summed E-state index contributed by atoms with van der Waals surface area (Å²) in [4.78, 5) is 39.2. The average Bonchev–Trinajstić information content (AvgIpc) is 4.14. The van der Waals surface area contributed by atoms with Gasteiger partial charge >= 0.3 is 11.5 Å². The van der Waals surface area contributed by atoms with Crippen molar-refractivity contribution in [2.45, 2.75) is 59.2 Å². The first-order valence-corrected chi connectivity index (χ1v) is 23.0. The summed E-state index contributed by atoms with van der Waals surface area (Å²) in [7, 11) is 0. The van der Waals surface area contributed by atoms with Crippen LogP contribution >= 0.6 is 39.1 Å². The van der Waals surface area contributed by atoms with Crippen LogP contribution in [-0.4, -0.2) is 52.1 Å². The normalized spacial score (nSPS) is 11.0. The molecule has 348 valence electrons. The Balaban J connectivity index is 0.000000165. The van der Waals surface area contributed by atoms with Crippen molar-refractivity contribution in [3.63, 3.8) is 0 Å². The van der Waals surface area contributed by atoms with Gasteiger partial charge in [0.25, 0.3) is 0 Å². The van der Waals surface area contributed by atoms with Gasteiger partial charge in [-0.05, 0) is 99.5 Å². The molecule has 6 aromatic carbocycles. The summed E-state index contributed by atoms with van der Waals surface area (Å²) in [6.45, 7) is 7.94. The molecular weight excluding hydrogens is 971 g/mol. The van der Waals surface area contributed by atoms with Crippen LogP contribution in [0.4, 0.5) is 0 Å². The molecule has 0 saturated carbocycles. The first-order chi connectivity index (χ1) is 32.4. The van der Waals surface area contributed by atoms with Gasteiger partial charge in [0.05, 0.1) is 50.9 Å². The number of alkyl halides is 1. The molecule has 10 aromatic rings. The van der Waals surface area contributed by atoms with E-state index in [9.17, 15) is 9.59 Å². The van der Waals surface area contributed by atoms with Gasteiger partial charge in [-0.25, -0.2) is 24.7 Å². The number of aromatic amines is 3. The van der Waals surface area contributed by atoms with Crippen molar-refractivity contribution in [3.8, 4) is 57.2 Å². The molecule has 0 fully saturated rings. The van der Waals surface area contributed by atoms with Crippen molar-refractivity contribution in [2.24, 2.45) is 0 Å². The number of hydrogen-bond donors (Lipinski definition) is 3. The fraction of sp³-hybridized carbons (Fsp3) is 0.176. The summed E-state index contributed by atoms with van der Waals surface area (Å²) in [6, 6.07) is 42.4. The molecule has 0 aliphatic carbocycles. The fourth-order valence-electron chi connectivity index (χ4n) is 6.78. The molecule has 0 spiro atoms. The molecule has 14 nitrogen and oxygen atoms in total. The Morgan fingerprint density at radius 2 is 1.12 bits per heavy atom. The second-order valence-electron chi connectivity index (χ2n) is 15.6. The van der Waals surface area contributed by atoms with E-state index in [4.69, 9.17) is 41.5 Å². The molecule has 4 heterocycles. The highest BCUT2D eigenvalue weighted by atomic mass is 79.9. The van der Waals surface area contributed by atoms with E-state index in [1.807, 2.05) is 94.4 Å². The van der Waals surface area contributed by atoms with Gasteiger partial charge in [-0.2, -0.15) is 4.68 Å². The van der Waals surface area contributed by atoms with E-state index in [-0.39, 0.29) is 38.0 Å². The minimum absolute atomic E-state index is 0. The zero-order chi connectivity index (χ0) is 47.0. The Bertz CT molecular complexity index is 3380. The number of fused-ring (bicyclic) bond motifs is 2. The maximum absolute atomic E-state index is 12.4. The number of halogens is 3. The number of nitrogens with zero attached hydrogens (tertiary/aromatic N) is 5. The summed E-state index contributed by atoms with van der Waals surface area (Å²) in [5.74, 6) is 2.14. The number of benzene rings is 6. The molecular formula is C51H47BrCl2N8O6. The zero-order valence-electron chi connectivity index (χ0n) is 36.6. The van der Waals surface area contributed by atoms with Crippen molar-refractivity contribution in [3.05, 3.63) is 176 Å².